The SMILES string of the molecule is CCCCCCCCCC[C@H]1CC[C@@H](c2cc(F)c(C(=O)O)[nH]2)CC1. The van der Waals surface area contributed by atoms with Gasteiger partial charge in [0.25, 0.3) is 0 Å². The van der Waals surface area contributed by atoms with Gasteiger partial charge in [-0.1, -0.05) is 64.7 Å². The van der Waals surface area contributed by atoms with Crippen LogP contribution in [-0.4, -0.2) is 16.1 Å². The van der Waals surface area contributed by atoms with E-state index in [1.807, 2.05) is 0 Å². The summed E-state index contributed by atoms with van der Waals surface area (Å²) in [6, 6.07) is 1.38. The molecule has 2 rings (SSSR count). The standard InChI is InChI=1S/C21H34FNO2/c1-2-3-4-5-6-7-8-9-10-16-11-13-17(14-12-16)19-15-18(22)20(23-19)21(24)25/h15-17,23H,2-14H2,1H3,(H,24,25)/t16-,17+. The molecule has 0 unspecified atom stereocenters. The molecule has 0 saturated heterocycles. The van der Waals surface area contributed by atoms with Crippen LogP contribution in [0.5, 0.6) is 0 Å². The number of hydrogen-bond donors (Lipinski definition) is 2. The van der Waals surface area contributed by atoms with Gasteiger partial charge in [-0.3, -0.25) is 0 Å². The molecule has 142 valence electrons. The molecule has 1 heterocycles. The minimum Gasteiger partial charge on any atom is -0.476 e. The predicted octanol–water partition coefficient (Wildman–Crippen LogP) is 6.66. The maximum Gasteiger partial charge on any atom is 0.355 e. The van der Waals surface area contributed by atoms with Crippen molar-refractivity contribution in [3.05, 3.63) is 23.3 Å². The van der Waals surface area contributed by atoms with E-state index in [9.17, 15) is 9.18 Å². The third kappa shape index (κ3) is 6.48. The van der Waals surface area contributed by atoms with Gasteiger partial charge in [0, 0.05) is 5.69 Å². The summed E-state index contributed by atoms with van der Waals surface area (Å²) in [5.74, 6) is -0.761. The van der Waals surface area contributed by atoms with E-state index < -0.39 is 11.8 Å². The highest BCUT2D eigenvalue weighted by Gasteiger charge is 2.25. The Morgan fingerprint density at radius 1 is 1.08 bits per heavy atom. The van der Waals surface area contributed by atoms with Gasteiger partial charge in [0.1, 0.15) is 0 Å². The molecule has 1 aliphatic carbocycles. The van der Waals surface area contributed by atoms with Gasteiger partial charge in [-0.15, -0.1) is 0 Å². The lowest BCUT2D eigenvalue weighted by atomic mass is 9.78. The van der Waals surface area contributed by atoms with Crippen LogP contribution >= 0.6 is 0 Å². The average Bonchev–Trinajstić information content (AvgIpc) is 3.00. The van der Waals surface area contributed by atoms with Gasteiger partial charge in [0.2, 0.25) is 0 Å². The van der Waals surface area contributed by atoms with Crippen molar-refractivity contribution in [1.82, 2.24) is 4.98 Å². The molecular formula is C21H34FNO2. The van der Waals surface area contributed by atoms with Gasteiger partial charge >= 0.3 is 5.97 Å². The Hall–Kier alpha value is -1.32. The van der Waals surface area contributed by atoms with Crippen molar-refractivity contribution in [1.29, 1.82) is 0 Å². The molecule has 1 aromatic rings. The van der Waals surface area contributed by atoms with Crippen LogP contribution in [0.25, 0.3) is 0 Å². The summed E-state index contributed by atoms with van der Waals surface area (Å²) in [6.07, 6.45) is 16.7. The topological polar surface area (TPSA) is 53.1 Å². The van der Waals surface area contributed by atoms with E-state index in [1.165, 1.54) is 76.7 Å². The average molecular weight is 352 g/mol. The highest BCUT2D eigenvalue weighted by molar-refractivity contribution is 5.85. The zero-order chi connectivity index (χ0) is 18.1. The number of carbonyl (C=O) groups is 1. The number of nitrogens with one attached hydrogen (secondary N) is 1. The van der Waals surface area contributed by atoms with E-state index in [2.05, 4.69) is 11.9 Å². The van der Waals surface area contributed by atoms with Crippen molar-refractivity contribution in [3.63, 3.8) is 0 Å². The van der Waals surface area contributed by atoms with Gasteiger partial charge in [-0.25, -0.2) is 9.18 Å². The van der Waals surface area contributed by atoms with Crippen LogP contribution in [-0.2, 0) is 0 Å². The summed E-state index contributed by atoms with van der Waals surface area (Å²) in [6.45, 7) is 2.26. The lowest BCUT2D eigenvalue weighted by Crippen LogP contribution is -2.14. The molecule has 0 radical (unpaired) electrons. The molecule has 3 nitrogen and oxygen atoms in total. The van der Waals surface area contributed by atoms with E-state index >= 15 is 0 Å². The van der Waals surface area contributed by atoms with Gasteiger partial charge in [0.15, 0.2) is 11.5 Å². The summed E-state index contributed by atoms with van der Waals surface area (Å²) in [4.78, 5) is 13.7. The number of carboxylic acid groups (broad SMARTS) is 1. The molecule has 25 heavy (non-hydrogen) atoms. The molecule has 0 aliphatic heterocycles. The molecule has 0 bridgehead atoms. The first kappa shape index (κ1) is 20.0. The van der Waals surface area contributed by atoms with Crippen LogP contribution in [0, 0.1) is 11.7 Å². The number of aromatic amines is 1. The third-order valence-corrected chi connectivity index (χ3v) is 5.76. The molecule has 0 spiro atoms. The second-order valence-corrected chi connectivity index (χ2v) is 7.73. The monoisotopic (exact) mass is 351 g/mol. The first-order valence-electron chi connectivity index (χ1n) is 10.2. The fourth-order valence-corrected chi connectivity index (χ4v) is 4.15. The van der Waals surface area contributed by atoms with Crippen molar-refractivity contribution in [2.24, 2.45) is 5.92 Å². The molecule has 1 saturated carbocycles. The highest BCUT2D eigenvalue weighted by atomic mass is 19.1. The molecule has 1 aliphatic rings. The molecule has 4 heteroatoms. The number of hydrogen-bond acceptors (Lipinski definition) is 1. The van der Waals surface area contributed by atoms with Crippen molar-refractivity contribution in [2.45, 2.75) is 96.3 Å². The largest absolute Gasteiger partial charge is 0.476 e. The van der Waals surface area contributed by atoms with Crippen LogP contribution in [0.15, 0.2) is 6.07 Å². The van der Waals surface area contributed by atoms with Gasteiger partial charge in [-0.2, -0.15) is 0 Å². The summed E-state index contributed by atoms with van der Waals surface area (Å²) < 4.78 is 13.6. The van der Waals surface area contributed by atoms with Gasteiger partial charge in [-0.05, 0) is 43.6 Å². The third-order valence-electron chi connectivity index (χ3n) is 5.76. The molecule has 1 fully saturated rings. The second-order valence-electron chi connectivity index (χ2n) is 7.73. The van der Waals surface area contributed by atoms with Crippen LogP contribution in [0.4, 0.5) is 4.39 Å². The van der Waals surface area contributed by atoms with Crippen LogP contribution in [0.3, 0.4) is 0 Å². The smallest absolute Gasteiger partial charge is 0.355 e. The lowest BCUT2D eigenvalue weighted by molar-refractivity contribution is 0.0686. The molecule has 0 aromatic carbocycles. The first-order chi connectivity index (χ1) is 12.1. The molecule has 0 atom stereocenters. The lowest BCUT2D eigenvalue weighted by Gasteiger charge is -2.28. The summed E-state index contributed by atoms with van der Waals surface area (Å²) in [7, 11) is 0. The predicted molar refractivity (Wildman–Crippen MR) is 99.6 cm³/mol. The Morgan fingerprint density at radius 2 is 1.68 bits per heavy atom. The Bertz CT molecular complexity index is 518. The van der Waals surface area contributed by atoms with Gasteiger partial charge in [0.05, 0.1) is 0 Å². The maximum absolute atomic E-state index is 13.6. The minimum atomic E-state index is -1.22. The summed E-state index contributed by atoms with van der Waals surface area (Å²) in [5, 5.41) is 8.95. The van der Waals surface area contributed by atoms with Crippen LogP contribution < -0.4 is 0 Å². The molecular weight excluding hydrogens is 317 g/mol. The van der Waals surface area contributed by atoms with E-state index in [0.29, 0.717) is 0 Å². The zero-order valence-electron chi connectivity index (χ0n) is 15.7. The normalized spacial score (nSPS) is 20.7. The molecule has 2 N–H and O–H groups in total. The van der Waals surface area contributed by atoms with E-state index in [0.717, 1.165) is 24.5 Å². The number of carboxylic acids is 1. The van der Waals surface area contributed by atoms with Crippen molar-refractivity contribution in [3.8, 4) is 0 Å². The minimum absolute atomic E-state index is 0.289. The van der Waals surface area contributed by atoms with Crippen molar-refractivity contribution < 1.29 is 14.3 Å². The van der Waals surface area contributed by atoms with E-state index in [-0.39, 0.29) is 11.6 Å². The number of rotatable bonds is 11. The Kier molecular flexibility index (Phi) is 8.50. The zero-order valence-corrected chi connectivity index (χ0v) is 15.7. The Morgan fingerprint density at radius 3 is 2.24 bits per heavy atom. The van der Waals surface area contributed by atoms with Crippen molar-refractivity contribution >= 4 is 5.97 Å². The number of halogens is 1. The first-order valence-corrected chi connectivity index (χ1v) is 10.2. The fourth-order valence-electron chi connectivity index (χ4n) is 4.15. The van der Waals surface area contributed by atoms with E-state index in [4.69, 9.17) is 5.11 Å². The number of H-pyrrole nitrogens is 1. The number of aromatic nitrogens is 1. The Labute approximate surface area is 151 Å². The van der Waals surface area contributed by atoms with E-state index in [1.54, 1.807) is 0 Å². The number of unbranched alkanes of at least 4 members (excludes halogenated alkanes) is 7. The molecule has 0 amide bonds. The fraction of sp³-hybridized carbons (Fsp3) is 0.762. The second kappa shape index (κ2) is 10.6. The summed E-state index contributed by atoms with van der Waals surface area (Å²) >= 11 is 0. The number of aromatic carboxylic acids is 1. The van der Waals surface area contributed by atoms with Crippen molar-refractivity contribution in [2.75, 3.05) is 0 Å². The van der Waals surface area contributed by atoms with Crippen LogP contribution in [0.1, 0.15) is 112 Å². The maximum atomic E-state index is 13.6. The highest BCUT2D eigenvalue weighted by Crippen LogP contribution is 2.37. The Balaban J connectivity index is 1.60. The summed E-state index contributed by atoms with van der Waals surface area (Å²) in [5.41, 5.74) is 0.469. The van der Waals surface area contributed by atoms with Crippen LogP contribution in [0.2, 0.25) is 0 Å². The quantitative estimate of drug-likeness (QED) is 0.438. The van der Waals surface area contributed by atoms with Gasteiger partial charge < -0.3 is 10.1 Å². The molecule has 1 aromatic heterocycles.